The maximum Gasteiger partial charge on any atom is 0.265 e. The highest BCUT2D eigenvalue weighted by atomic mass is 79.9. The van der Waals surface area contributed by atoms with Gasteiger partial charge in [0.2, 0.25) is 0 Å². The number of aryl methyl sites for hydroxylation is 1. The van der Waals surface area contributed by atoms with Crippen molar-refractivity contribution in [2.24, 2.45) is 0 Å². The van der Waals surface area contributed by atoms with Gasteiger partial charge in [-0.15, -0.1) is 11.6 Å². The molecule has 0 aliphatic rings. The zero-order chi connectivity index (χ0) is 10.0. The van der Waals surface area contributed by atoms with E-state index in [4.69, 9.17) is 11.6 Å². The minimum Gasteiger partial charge on any atom is -0.244 e. The van der Waals surface area contributed by atoms with Crippen molar-refractivity contribution < 1.29 is 8.78 Å². The number of hydrogen-bond acceptors (Lipinski definition) is 1. The third-order valence-electron chi connectivity index (χ3n) is 1.66. The molecule has 0 N–H and O–H groups in total. The van der Waals surface area contributed by atoms with Crippen LogP contribution in [-0.2, 0) is 5.88 Å². The molecule has 1 heterocycles. The first kappa shape index (κ1) is 10.9. The molecule has 72 valence electrons. The van der Waals surface area contributed by atoms with E-state index in [0.29, 0.717) is 10.2 Å². The van der Waals surface area contributed by atoms with Gasteiger partial charge in [-0.2, -0.15) is 0 Å². The minimum absolute atomic E-state index is 0.0000463. The first-order chi connectivity index (χ1) is 6.06. The van der Waals surface area contributed by atoms with Gasteiger partial charge in [-0.3, -0.25) is 0 Å². The summed E-state index contributed by atoms with van der Waals surface area (Å²) in [5, 5.41) is 0. The molecule has 0 spiro atoms. The summed E-state index contributed by atoms with van der Waals surface area (Å²) in [7, 11) is 0. The van der Waals surface area contributed by atoms with Crippen LogP contribution in [0.3, 0.4) is 0 Å². The average Bonchev–Trinajstić information content (AvgIpc) is 2.01. The maximum absolute atomic E-state index is 12.5. The highest BCUT2D eigenvalue weighted by Crippen LogP contribution is 2.28. The van der Waals surface area contributed by atoms with Crippen molar-refractivity contribution in [3.63, 3.8) is 0 Å². The Hall–Kier alpha value is -0.220. The van der Waals surface area contributed by atoms with Crippen molar-refractivity contribution in [2.45, 2.75) is 19.2 Å². The van der Waals surface area contributed by atoms with Crippen molar-refractivity contribution in [1.29, 1.82) is 0 Å². The van der Waals surface area contributed by atoms with Gasteiger partial charge < -0.3 is 0 Å². The van der Waals surface area contributed by atoms with Gasteiger partial charge in [-0.25, -0.2) is 13.8 Å². The highest BCUT2D eigenvalue weighted by molar-refractivity contribution is 9.10. The number of nitrogens with zero attached hydrogens (tertiary/aromatic N) is 1. The quantitative estimate of drug-likeness (QED) is 0.588. The van der Waals surface area contributed by atoms with Crippen LogP contribution in [0.15, 0.2) is 10.7 Å². The van der Waals surface area contributed by atoms with Crippen molar-refractivity contribution in [3.05, 3.63) is 27.5 Å². The third-order valence-corrected chi connectivity index (χ3v) is 2.32. The van der Waals surface area contributed by atoms with E-state index in [0.717, 1.165) is 0 Å². The van der Waals surface area contributed by atoms with Crippen LogP contribution >= 0.6 is 27.5 Å². The lowest BCUT2D eigenvalue weighted by Gasteiger charge is -2.09. The molecule has 0 unspecified atom stereocenters. The number of halogens is 4. The monoisotopic (exact) mass is 269 g/mol. The fourth-order valence-electron chi connectivity index (χ4n) is 1.11. The zero-order valence-corrected chi connectivity index (χ0v) is 9.16. The molecule has 0 aliphatic heterocycles. The largest absolute Gasteiger partial charge is 0.265 e. The van der Waals surface area contributed by atoms with E-state index in [1.807, 2.05) is 0 Å². The first-order valence-corrected chi connectivity index (χ1v) is 4.89. The summed E-state index contributed by atoms with van der Waals surface area (Å²) < 4.78 is 25.5. The fraction of sp³-hybridized carbons (Fsp3) is 0.375. The number of hydrogen-bond donors (Lipinski definition) is 0. The molecule has 13 heavy (non-hydrogen) atoms. The van der Waals surface area contributed by atoms with Gasteiger partial charge in [0.1, 0.15) is 4.60 Å². The van der Waals surface area contributed by atoms with Crippen LogP contribution in [0.5, 0.6) is 0 Å². The van der Waals surface area contributed by atoms with Gasteiger partial charge in [-0.05, 0) is 34.5 Å². The molecule has 0 aliphatic carbocycles. The summed E-state index contributed by atoms with van der Waals surface area (Å²) >= 11 is 8.63. The molecule has 0 fully saturated rings. The van der Waals surface area contributed by atoms with Crippen molar-refractivity contribution >= 4 is 27.5 Å². The Labute approximate surface area is 88.2 Å². The maximum atomic E-state index is 12.5. The van der Waals surface area contributed by atoms with Crippen LogP contribution in [0.4, 0.5) is 8.78 Å². The van der Waals surface area contributed by atoms with E-state index >= 15 is 0 Å². The Morgan fingerprint density at radius 2 is 2.23 bits per heavy atom. The van der Waals surface area contributed by atoms with E-state index in [1.165, 1.54) is 0 Å². The van der Waals surface area contributed by atoms with Gasteiger partial charge in [0, 0.05) is 5.56 Å². The first-order valence-electron chi connectivity index (χ1n) is 3.56. The summed E-state index contributed by atoms with van der Waals surface area (Å²) in [5.74, 6) is -0.0000463. The van der Waals surface area contributed by atoms with Crippen LogP contribution in [-0.4, -0.2) is 4.98 Å². The smallest absolute Gasteiger partial charge is 0.244 e. The Morgan fingerprint density at radius 1 is 1.62 bits per heavy atom. The summed E-state index contributed by atoms with van der Waals surface area (Å²) in [4.78, 5) is 3.88. The molecule has 1 aromatic heterocycles. The molecule has 0 radical (unpaired) electrons. The lowest BCUT2D eigenvalue weighted by molar-refractivity contribution is 0.149. The highest BCUT2D eigenvalue weighted by Gasteiger charge is 2.17. The molecule has 0 atom stereocenters. The number of rotatable bonds is 2. The van der Waals surface area contributed by atoms with Gasteiger partial charge in [0.25, 0.3) is 6.43 Å². The molecule has 0 amide bonds. The van der Waals surface area contributed by atoms with Crippen molar-refractivity contribution in [1.82, 2.24) is 4.98 Å². The van der Waals surface area contributed by atoms with Crippen molar-refractivity contribution in [2.75, 3.05) is 0 Å². The summed E-state index contributed by atoms with van der Waals surface area (Å²) in [5.41, 5.74) is 0.689. The van der Waals surface area contributed by atoms with Gasteiger partial charge in [-0.1, -0.05) is 0 Å². The second kappa shape index (κ2) is 4.33. The Morgan fingerprint density at radius 3 is 2.69 bits per heavy atom. The lowest BCUT2D eigenvalue weighted by Crippen LogP contribution is -2.00. The second-order valence-electron chi connectivity index (χ2n) is 2.56. The predicted octanol–water partition coefficient (Wildman–Crippen LogP) is 3.83. The molecule has 0 aromatic carbocycles. The molecule has 0 bridgehead atoms. The Bertz CT molecular complexity index is 317. The van der Waals surface area contributed by atoms with E-state index in [1.54, 1.807) is 13.0 Å². The summed E-state index contributed by atoms with van der Waals surface area (Å²) in [6.07, 6.45) is -2.52. The molecule has 1 aromatic rings. The minimum atomic E-state index is -2.52. The molecule has 0 saturated carbocycles. The van der Waals surface area contributed by atoms with E-state index in [2.05, 4.69) is 20.9 Å². The SMILES string of the molecule is Cc1cc(Br)nc(CCl)c1C(F)F. The van der Waals surface area contributed by atoms with Crippen LogP contribution in [0.2, 0.25) is 0 Å². The molecular weight excluding hydrogens is 263 g/mol. The van der Waals surface area contributed by atoms with Gasteiger partial charge >= 0.3 is 0 Å². The normalized spacial score (nSPS) is 10.9. The molecular formula is C8H7BrClF2N. The summed E-state index contributed by atoms with van der Waals surface area (Å²) in [6.45, 7) is 1.62. The lowest BCUT2D eigenvalue weighted by atomic mass is 10.1. The average molecular weight is 271 g/mol. The van der Waals surface area contributed by atoms with Gasteiger partial charge in [0.15, 0.2) is 0 Å². The van der Waals surface area contributed by atoms with Crippen molar-refractivity contribution in [3.8, 4) is 0 Å². The molecule has 0 saturated heterocycles. The van der Waals surface area contributed by atoms with E-state index in [-0.39, 0.29) is 17.1 Å². The van der Waals surface area contributed by atoms with E-state index < -0.39 is 6.43 Å². The predicted molar refractivity (Wildman–Crippen MR) is 51.2 cm³/mol. The Kier molecular flexibility index (Phi) is 3.62. The van der Waals surface area contributed by atoms with E-state index in [9.17, 15) is 8.78 Å². The number of alkyl halides is 3. The molecule has 1 nitrogen and oxygen atoms in total. The standard InChI is InChI=1S/C8H7BrClF2N/c1-4-2-6(9)13-5(3-10)7(4)8(11)12/h2,8H,3H2,1H3. The van der Waals surface area contributed by atoms with Crippen LogP contribution < -0.4 is 0 Å². The van der Waals surface area contributed by atoms with Crippen LogP contribution in [0.25, 0.3) is 0 Å². The fourth-order valence-corrected chi connectivity index (χ4v) is 1.87. The third kappa shape index (κ3) is 2.38. The second-order valence-corrected chi connectivity index (χ2v) is 3.64. The topological polar surface area (TPSA) is 12.9 Å². The molecule has 5 heteroatoms. The van der Waals surface area contributed by atoms with Gasteiger partial charge in [0.05, 0.1) is 11.6 Å². The number of pyridine rings is 1. The zero-order valence-electron chi connectivity index (χ0n) is 6.82. The number of aromatic nitrogens is 1. The molecule has 1 rings (SSSR count). The summed E-state index contributed by atoms with van der Waals surface area (Å²) in [6, 6.07) is 1.55. The van der Waals surface area contributed by atoms with Crippen LogP contribution in [0, 0.1) is 6.92 Å². The Balaban J connectivity index is 3.30. The van der Waals surface area contributed by atoms with Crippen LogP contribution in [0.1, 0.15) is 23.2 Å².